The van der Waals surface area contributed by atoms with Gasteiger partial charge in [0.25, 0.3) is 0 Å². The van der Waals surface area contributed by atoms with Gasteiger partial charge < -0.3 is 10.4 Å². The molecule has 5 heteroatoms. The average Bonchev–Trinajstić information content (AvgIpc) is 2.37. The molecule has 0 unspecified atom stereocenters. The fourth-order valence-corrected chi connectivity index (χ4v) is 2.30. The molecule has 2 aromatic rings. The molecule has 2 aromatic carbocycles. The second-order valence-electron chi connectivity index (χ2n) is 4.66. The van der Waals surface area contributed by atoms with Gasteiger partial charge in [0.05, 0.1) is 17.7 Å². The van der Waals surface area contributed by atoms with Crippen LogP contribution in [0.1, 0.15) is 21.5 Å². The Balaban J connectivity index is 2.17. The molecule has 0 spiro atoms. The SMILES string of the molecule is Cc1cccc(NC(=O)Cc2cccc(Cl)c2)c1C(=O)O. The lowest BCUT2D eigenvalue weighted by atomic mass is 10.1. The van der Waals surface area contributed by atoms with E-state index >= 15 is 0 Å². The smallest absolute Gasteiger partial charge is 0.338 e. The second-order valence-corrected chi connectivity index (χ2v) is 5.09. The number of anilines is 1. The first-order chi connectivity index (χ1) is 9.97. The zero-order valence-corrected chi connectivity index (χ0v) is 12.1. The third-order valence-electron chi connectivity index (χ3n) is 3.01. The van der Waals surface area contributed by atoms with Crippen LogP contribution in [0, 0.1) is 6.92 Å². The fourth-order valence-electron chi connectivity index (χ4n) is 2.08. The predicted molar refractivity (Wildman–Crippen MR) is 81.9 cm³/mol. The molecule has 0 aliphatic carbocycles. The number of amides is 1. The third-order valence-corrected chi connectivity index (χ3v) is 3.25. The van der Waals surface area contributed by atoms with Crippen molar-refractivity contribution in [2.75, 3.05) is 5.32 Å². The number of aryl methyl sites for hydroxylation is 1. The molecule has 21 heavy (non-hydrogen) atoms. The lowest BCUT2D eigenvalue weighted by Gasteiger charge is -2.10. The first kappa shape index (κ1) is 15.1. The zero-order chi connectivity index (χ0) is 15.4. The first-order valence-electron chi connectivity index (χ1n) is 6.34. The van der Waals surface area contributed by atoms with Crippen molar-refractivity contribution in [3.05, 3.63) is 64.2 Å². The summed E-state index contributed by atoms with van der Waals surface area (Å²) in [7, 11) is 0. The molecule has 0 saturated heterocycles. The summed E-state index contributed by atoms with van der Waals surface area (Å²) in [6.07, 6.45) is 0.133. The molecular formula is C16H14ClNO3. The highest BCUT2D eigenvalue weighted by Crippen LogP contribution is 2.20. The number of carboxylic acids is 1. The van der Waals surface area contributed by atoms with Crippen LogP contribution in [0.4, 0.5) is 5.69 Å². The van der Waals surface area contributed by atoms with E-state index < -0.39 is 5.97 Å². The molecule has 2 rings (SSSR count). The minimum Gasteiger partial charge on any atom is -0.478 e. The van der Waals surface area contributed by atoms with Gasteiger partial charge in [0, 0.05) is 5.02 Å². The second kappa shape index (κ2) is 6.41. The number of benzene rings is 2. The largest absolute Gasteiger partial charge is 0.478 e. The van der Waals surface area contributed by atoms with E-state index in [1.165, 1.54) is 0 Å². The molecule has 0 bridgehead atoms. The number of halogens is 1. The first-order valence-corrected chi connectivity index (χ1v) is 6.72. The quantitative estimate of drug-likeness (QED) is 0.908. The van der Waals surface area contributed by atoms with E-state index in [1.54, 1.807) is 49.4 Å². The number of nitrogens with one attached hydrogen (secondary N) is 1. The normalized spacial score (nSPS) is 10.2. The van der Waals surface area contributed by atoms with Crippen molar-refractivity contribution in [2.24, 2.45) is 0 Å². The lowest BCUT2D eigenvalue weighted by molar-refractivity contribution is -0.115. The van der Waals surface area contributed by atoms with Gasteiger partial charge in [-0.05, 0) is 36.2 Å². The van der Waals surface area contributed by atoms with E-state index in [-0.39, 0.29) is 17.9 Å². The summed E-state index contributed by atoms with van der Waals surface area (Å²) in [5.41, 5.74) is 1.78. The maximum Gasteiger partial charge on any atom is 0.338 e. The minimum atomic E-state index is -1.06. The van der Waals surface area contributed by atoms with Crippen molar-refractivity contribution >= 4 is 29.2 Å². The van der Waals surface area contributed by atoms with Crippen LogP contribution >= 0.6 is 11.6 Å². The number of aromatic carboxylic acids is 1. The number of carbonyl (C=O) groups is 2. The zero-order valence-electron chi connectivity index (χ0n) is 11.4. The Kier molecular flexibility index (Phi) is 4.60. The summed E-state index contributed by atoms with van der Waals surface area (Å²) in [6, 6.07) is 12.0. The number of carbonyl (C=O) groups excluding carboxylic acids is 1. The molecular weight excluding hydrogens is 290 g/mol. The van der Waals surface area contributed by atoms with Crippen LogP contribution in [0.25, 0.3) is 0 Å². The Bertz CT molecular complexity index is 698. The maximum atomic E-state index is 12.0. The van der Waals surface area contributed by atoms with Gasteiger partial charge in [-0.2, -0.15) is 0 Å². The minimum absolute atomic E-state index is 0.108. The topological polar surface area (TPSA) is 66.4 Å². The van der Waals surface area contributed by atoms with E-state index in [0.29, 0.717) is 16.3 Å². The molecule has 1 amide bonds. The standard InChI is InChI=1S/C16H14ClNO3/c1-10-4-2-7-13(15(10)16(20)21)18-14(19)9-11-5-3-6-12(17)8-11/h2-8H,9H2,1H3,(H,18,19)(H,20,21). The summed E-state index contributed by atoms with van der Waals surface area (Å²) in [6.45, 7) is 1.69. The van der Waals surface area contributed by atoms with Gasteiger partial charge in [0.2, 0.25) is 5.91 Å². The molecule has 0 aromatic heterocycles. The van der Waals surface area contributed by atoms with Gasteiger partial charge in [-0.3, -0.25) is 4.79 Å². The van der Waals surface area contributed by atoms with Crippen molar-refractivity contribution in [1.82, 2.24) is 0 Å². The summed E-state index contributed by atoms with van der Waals surface area (Å²) >= 11 is 5.87. The van der Waals surface area contributed by atoms with Crippen LogP contribution in [-0.2, 0) is 11.2 Å². The molecule has 0 fully saturated rings. The van der Waals surface area contributed by atoms with Gasteiger partial charge >= 0.3 is 5.97 Å². The molecule has 0 aliphatic heterocycles. The third kappa shape index (κ3) is 3.83. The Morgan fingerprint density at radius 2 is 1.90 bits per heavy atom. The lowest BCUT2D eigenvalue weighted by Crippen LogP contribution is -2.17. The molecule has 0 heterocycles. The maximum absolute atomic E-state index is 12.0. The van der Waals surface area contributed by atoms with Crippen molar-refractivity contribution < 1.29 is 14.7 Å². The molecule has 108 valence electrons. The van der Waals surface area contributed by atoms with Crippen molar-refractivity contribution in [1.29, 1.82) is 0 Å². The Hall–Kier alpha value is -2.33. The van der Waals surface area contributed by atoms with Crippen LogP contribution in [0.3, 0.4) is 0 Å². The van der Waals surface area contributed by atoms with Crippen molar-refractivity contribution in [3.8, 4) is 0 Å². The summed E-state index contributed by atoms with van der Waals surface area (Å²) in [5.74, 6) is -1.35. The summed E-state index contributed by atoms with van der Waals surface area (Å²) in [4.78, 5) is 23.3. The van der Waals surface area contributed by atoms with Crippen molar-refractivity contribution in [2.45, 2.75) is 13.3 Å². The summed E-state index contributed by atoms with van der Waals surface area (Å²) < 4.78 is 0. The molecule has 4 nitrogen and oxygen atoms in total. The van der Waals surface area contributed by atoms with E-state index in [1.807, 2.05) is 0 Å². The summed E-state index contributed by atoms with van der Waals surface area (Å²) in [5, 5.41) is 12.4. The van der Waals surface area contributed by atoms with Crippen LogP contribution in [0.2, 0.25) is 5.02 Å². The number of carboxylic acid groups (broad SMARTS) is 1. The van der Waals surface area contributed by atoms with Crippen LogP contribution in [0.15, 0.2) is 42.5 Å². The van der Waals surface area contributed by atoms with Gasteiger partial charge in [-0.25, -0.2) is 4.79 Å². The molecule has 0 atom stereocenters. The van der Waals surface area contributed by atoms with E-state index in [0.717, 1.165) is 5.56 Å². The van der Waals surface area contributed by atoms with Crippen molar-refractivity contribution in [3.63, 3.8) is 0 Å². The Labute approximate surface area is 127 Å². The molecule has 2 N–H and O–H groups in total. The van der Waals surface area contributed by atoms with E-state index in [2.05, 4.69) is 5.32 Å². The predicted octanol–water partition coefficient (Wildman–Crippen LogP) is 3.53. The van der Waals surface area contributed by atoms with Gasteiger partial charge in [-0.1, -0.05) is 35.9 Å². The van der Waals surface area contributed by atoms with Gasteiger partial charge in [-0.15, -0.1) is 0 Å². The highest BCUT2D eigenvalue weighted by atomic mass is 35.5. The van der Waals surface area contributed by atoms with Crippen LogP contribution in [-0.4, -0.2) is 17.0 Å². The van der Waals surface area contributed by atoms with Crippen LogP contribution < -0.4 is 5.32 Å². The number of rotatable bonds is 4. The monoisotopic (exact) mass is 303 g/mol. The highest BCUT2D eigenvalue weighted by molar-refractivity contribution is 6.30. The van der Waals surface area contributed by atoms with Crippen LogP contribution in [0.5, 0.6) is 0 Å². The molecule has 0 aliphatic rings. The fraction of sp³-hybridized carbons (Fsp3) is 0.125. The number of hydrogen-bond donors (Lipinski definition) is 2. The van der Waals surface area contributed by atoms with E-state index in [9.17, 15) is 14.7 Å². The number of hydrogen-bond acceptors (Lipinski definition) is 2. The van der Waals surface area contributed by atoms with Gasteiger partial charge in [0.1, 0.15) is 0 Å². The van der Waals surface area contributed by atoms with Gasteiger partial charge in [0.15, 0.2) is 0 Å². The molecule has 0 radical (unpaired) electrons. The average molecular weight is 304 g/mol. The Morgan fingerprint density at radius 1 is 1.19 bits per heavy atom. The Morgan fingerprint density at radius 3 is 2.57 bits per heavy atom. The molecule has 0 saturated carbocycles. The highest BCUT2D eigenvalue weighted by Gasteiger charge is 2.15. The van der Waals surface area contributed by atoms with E-state index in [4.69, 9.17) is 11.6 Å².